The lowest BCUT2D eigenvalue weighted by Crippen LogP contribution is -2.57. The molecule has 10 heterocycles. The number of hydrogen-bond acceptors (Lipinski definition) is 14. The van der Waals surface area contributed by atoms with Crippen LogP contribution in [0.1, 0.15) is 80.2 Å². The summed E-state index contributed by atoms with van der Waals surface area (Å²) < 4.78 is 66.9. The number of hydrogen-bond donors (Lipinski definition) is 2. The number of amides is 1. The number of benzene rings is 3. The van der Waals surface area contributed by atoms with Crippen LogP contribution in [-0.2, 0) is 39.5 Å². The second kappa shape index (κ2) is 17.6. The number of cyclic esters (lactones) is 1. The van der Waals surface area contributed by atoms with Gasteiger partial charge < -0.3 is 38.8 Å². The lowest BCUT2D eigenvalue weighted by atomic mass is 9.86. The molecular weight excluding hydrogens is 982 g/mol. The van der Waals surface area contributed by atoms with Crippen molar-refractivity contribution >= 4 is 50.3 Å². The normalized spacial score (nSPS) is 23.4. The third kappa shape index (κ3) is 7.23. The molecule has 6 aliphatic heterocycles. The van der Waals surface area contributed by atoms with E-state index in [-0.39, 0.29) is 112 Å². The van der Waals surface area contributed by atoms with Crippen molar-refractivity contribution in [2.75, 3.05) is 44.3 Å². The molecule has 76 heavy (non-hydrogen) atoms. The second-order valence-corrected chi connectivity index (χ2v) is 21.0. The maximum absolute atomic E-state index is 17.4. The van der Waals surface area contributed by atoms with E-state index in [1.54, 1.807) is 23.6 Å². The second-order valence-electron chi connectivity index (χ2n) is 21.0. The van der Waals surface area contributed by atoms with Gasteiger partial charge in [-0.1, -0.05) is 25.8 Å². The Hall–Kier alpha value is -7.82. The first-order valence-corrected chi connectivity index (χ1v) is 25.8. The molecular formula is C57H51F3N8O8. The number of phenols is 1. The number of anilines is 1. The number of piperazine rings is 1. The fourth-order valence-corrected chi connectivity index (χ4v) is 13.3. The number of terminal acetylenes is 1. The molecule has 2 bridgehead atoms. The van der Waals surface area contributed by atoms with Gasteiger partial charge in [-0.2, -0.15) is 9.97 Å². The molecule has 2 N–H and O–H groups in total. The summed E-state index contributed by atoms with van der Waals surface area (Å²) in [6.45, 7) is 5.27. The third-order valence-corrected chi connectivity index (χ3v) is 16.9. The van der Waals surface area contributed by atoms with Crippen LogP contribution >= 0.6 is 0 Å². The smallest absolute Gasteiger partial charge is 0.343 e. The van der Waals surface area contributed by atoms with Gasteiger partial charge in [-0.05, 0) is 98.5 Å². The van der Waals surface area contributed by atoms with Crippen LogP contribution in [0.5, 0.6) is 17.5 Å². The van der Waals surface area contributed by atoms with Crippen molar-refractivity contribution in [3.63, 3.8) is 0 Å². The number of rotatable bonds is 10. The Labute approximate surface area is 433 Å². The van der Waals surface area contributed by atoms with Gasteiger partial charge in [0.15, 0.2) is 18.0 Å². The van der Waals surface area contributed by atoms with E-state index in [9.17, 15) is 29.0 Å². The fraction of sp³-hybridized carbons (Fsp3) is 0.386. The molecule has 19 heteroatoms. The number of alkyl halides is 1. The molecule has 0 aliphatic carbocycles. The standard InChI is InChI=1S/C57H51F3N8O8/c1-4-35-37-18-34(11-13-44(37)62-49-40(35)25-67-45(49)19-42-41(53(67)71)26-75-54(72)57(42,73)6-3)74-27-46(70)68-31-9-10-32(68)24-65(23-31)52-39-21-61-50(38-17-33(69)16-29-8-12-43(59)36(5-2)47(29)38)48(60)51(39)63-55(64-52)76-28-56-14-7-15-66(56)22-30(58)20-56/h2,8,11-13,16-19,21,30-32,69,73H,4,6-7,9-10,14-15,20,22-28H2,1,3H3/t30-,31?,32?,56+,57+/m1/s1. The molecule has 16 nitrogen and oxygen atoms in total. The number of aromatic hydroxyl groups is 1. The molecule has 0 saturated carbocycles. The van der Waals surface area contributed by atoms with E-state index < -0.39 is 34.9 Å². The number of pyridine rings is 3. The van der Waals surface area contributed by atoms with Crippen molar-refractivity contribution < 1.29 is 47.2 Å². The van der Waals surface area contributed by atoms with Crippen LogP contribution in [0.3, 0.4) is 0 Å². The highest BCUT2D eigenvalue weighted by Gasteiger charge is 2.50. The van der Waals surface area contributed by atoms with Gasteiger partial charge >= 0.3 is 12.0 Å². The number of carbonyl (C=O) groups is 2. The van der Waals surface area contributed by atoms with Gasteiger partial charge in [0.25, 0.3) is 11.5 Å². The van der Waals surface area contributed by atoms with E-state index in [0.717, 1.165) is 35.9 Å². The minimum absolute atomic E-state index is 0.0378. The van der Waals surface area contributed by atoms with Gasteiger partial charge in [-0.25, -0.2) is 22.9 Å². The summed E-state index contributed by atoms with van der Waals surface area (Å²) in [5.74, 6) is 0.410. The molecule has 4 aromatic heterocycles. The van der Waals surface area contributed by atoms with Crippen LogP contribution in [-0.4, -0.2) is 120 Å². The van der Waals surface area contributed by atoms with Crippen molar-refractivity contribution in [1.29, 1.82) is 0 Å². The lowest BCUT2D eigenvalue weighted by molar-refractivity contribution is -0.172. The largest absolute Gasteiger partial charge is 0.508 e. The summed E-state index contributed by atoms with van der Waals surface area (Å²) in [5.41, 5.74) is 0.833. The molecule has 5 atom stereocenters. The van der Waals surface area contributed by atoms with E-state index in [4.69, 9.17) is 30.6 Å². The van der Waals surface area contributed by atoms with Gasteiger partial charge in [0.05, 0.1) is 45.5 Å². The molecule has 13 rings (SSSR count). The van der Waals surface area contributed by atoms with Crippen LogP contribution in [0.4, 0.5) is 19.0 Å². The SMILES string of the molecule is C#Cc1c(F)ccc2cc(O)cc(-c3ncc4c(N5CC6CCC(C5)N6C(=O)COc5ccc6nc7c(c(CC)c6c5)Cn5c-7cc6c(c5=O)COC(=O)[C@]6(O)CC)nc(OC[C@@]56CCCN5C[C@H](F)C6)nc4c3F)c12. The van der Waals surface area contributed by atoms with Gasteiger partial charge in [0.2, 0.25) is 0 Å². The Morgan fingerprint density at radius 3 is 2.57 bits per heavy atom. The minimum Gasteiger partial charge on any atom is -0.508 e. The molecule has 2 unspecified atom stereocenters. The number of ether oxygens (including phenoxy) is 3. The van der Waals surface area contributed by atoms with Crippen LogP contribution in [0, 0.1) is 24.0 Å². The Morgan fingerprint density at radius 1 is 0.974 bits per heavy atom. The number of halogens is 3. The van der Waals surface area contributed by atoms with Crippen molar-refractivity contribution in [3.05, 3.63) is 105 Å². The molecule has 7 aromatic rings. The number of aromatic nitrogens is 5. The molecule has 388 valence electrons. The van der Waals surface area contributed by atoms with Crippen LogP contribution < -0.4 is 19.9 Å². The molecule has 6 aliphatic rings. The zero-order valence-electron chi connectivity index (χ0n) is 41.7. The predicted octanol–water partition coefficient (Wildman–Crippen LogP) is 6.98. The van der Waals surface area contributed by atoms with E-state index in [1.165, 1.54) is 30.5 Å². The number of phenolic OH excluding ortho intramolecular Hbond substituents is 1. The maximum atomic E-state index is 17.4. The maximum Gasteiger partial charge on any atom is 0.343 e. The number of esters is 1. The Morgan fingerprint density at radius 2 is 1.79 bits per heavy atom. The summed E-state index contributed by atoms with van der Waals surface area (Å²) in [6.07, 6.45) is 10.2. The molecule has 0 spiro atoms. The highest BCUT2D eigenvalue weighted by atomic mass is 19.1. The van der Waals surface area contributed by atoms with E-state index in [1.807, 2.05) is 28.9 Å². The van der Waals surface area contributed by atoms with E-state index >= 15 is 8.78 Å². The summed E-state index contributed by atoms with van der Waals surface area (Å²) in [4.78, 5) is 65.9. The number of aliphatic hydroxyl groups is 1. The van der Waals surface area contributed by atoms with Gasteiger partial charge in [-0.3, -0.25) is 19.5 Å². The summed E-state index contributed by atoms with van der Waals surface area (Å²) in [7, 11) is 0. The number of fused-ring (bicyclic) bond motifs is 10. The first-order chi connectivity index (χ1) is 36.7. The highest BCUT2D eigenvalue weighted by molar-refractivity contribution is 6.03. The van der Waals surface area contributed by atoms with Gasteiger partial charge in [-0.15, -0.1) is 6.42 Å². The minimum atomic E-state index is -1.94. The average molecular weight is 1030 g/mol. The molecule has 3 aromatic carbocycles. The van der Waals surface area contributed by atoms with Gasteiger partial charge in [0.1, 0.15) is 53.7 Å². The number of carbonyl (C=O) groups excluding carboxylic acids is 2. The Balaban J connectivity index is 0.784. The molecule has 4 saturated heterocycles. The zero-order valence-corrected chi connectivity index (χ0v) is 41.7. The monoisotopic (exact) mass is 1030 g/mol. The van der Waals surface area contributed by atoms with Crippen molar-refractivity contribution in [2.24, 2.45) is 0 Å². The number of aryl methyl sites for hydroxylation is 1. The molecule has 1 amide bonds. The van der Waals surface area contributed by atoms with Crippen molar-refractivity contribution in [2.45, 2.75) is 101 Å². The van der Waals surface area contributed by atoms with Crippen LogP contribution in [0.2, 0.25) is 0 Å². The molecule has 4 fully saturated rings. The summed E-state index contributed by atoms with van der Waals surface area (Å²) >= 11 is 0. The van der Waals surface area contributed by atoms with E-state index in [2.05, 4.69) is 20.8 Å². The number of nitrogens with zero attached hydrogens (tertiary/aromatic N) is 8. The Kier molecular flexibility index (Phi) is 11.1. The first kappa shape index (κ1) is 47.9. The quantitative estimate of drug-likeness (QED) is 0.106. The first-order valence-electron chi connectivity index (χ1n) is 25.8. The van der Waals surface area contributed by atoms with E-state index in [0.29, 0.717) is 79.2 Å². The highest BCUT2D eigenvalue weighted by Crippen LogP contribution is 2.45. The van der Waals surface area contributed by atoms with Crippen LogP contribution in [0.15, 0.2) is 59.5 Å². The van der Waals surface area contributed by atoms with Crippen molar-refractivity contribution in [3.8, 4) is 52.5 Å². The lowest BCUT2D eigenvalue weighted by Gasteiger charge is -2.41. The summed E-state index contributed by atoms with van der Waals surface area (Å²) in [5, 5.41) is 23.8. The average Bonchev–Trinajstić information content (AvgIpc) is 4.16. The predicted molar refractivity (Wildman–Crippen MR) is 274 cm³/mol. The third-order valence-electron chi connectivity index (χ3n) is 16.9. The topological polar surface area (TPSA) is 186 Å². The van der Waals surface area contributed by atoms with Crippen molar-refractivity contribution in [1.82, 2.24) is 34.3 Å². The molecule has 0 radical (unpaired) electrons. The van der Waals surface area contributed by atoms with Crippen LogP contribution in [0.25, 0.3) is 55.2 Å². The Bertz CT molecular complexity index is 3780. The zero-order chi connectivity index (χ0) is 52.5. The van der Waals surface area contributed by atoms with Gasteiger partial charge in [0, 0.05) is 71.8 Å². The summed E-state index contributed by atoms with van der Waals surface area (Å²) in [6, 6.07) is 11.8. The fourth-order valence-electron chi connectivity index (χ4n) is 13.3.